The zero-order valence-corrected chi connectivity index (χ0v) is 13.8. The van der Waals surface area contributed by atoms with Crippen LogP contribution in [0.4, 0.5) is 5.69 Å². The van der Waals surface area contributed by atoms with Crippen LogP contribution in [-0.2, 0) is 0 Å². The molecule has 2 aromatic rings. The summed E-state index contributed by atoms with van der Waals surface area (Å²) in [6.45, 7) is 0. The molecule has 2 amide bonds. The molecule has 0 fully saturated rings. The number of rotatable bonds is 4. The van der Waals surface area contributed by atoms with Crippen molar-refractivity contribution in [1.29, 1.82) is 0 Å². The minimum absolute atomic E-state index is 0.144. The standard InChI is InChI=1S/C15H13Cl2N3O3/c1-18-14(21)10-7-19-13(17)6-11(10)20-15(22)9-5-8(16)3-4-12(9)23-2/h3-7H,1-2H3,(H,18,21)(H,19,20,22). The fourth-order valence-corrected chi connectivity index (χ4v) is 2.23. The van der Waals surface area contributed by atoms with E-state index in [4.69, 9.17) is 27.9 Å². The molecule has 2 N–H and O–H groups in total. The number of hydrogen-bond donors (Lipinski definition) is 2. The molecule has 2 rings (SSSR count). The van der Waals surface area contributed by atoms with Crippen molar-refractivity contribution in [2.24, 2.45) is 0 Å². The second-order valence-corrected chi connectivity index (χ2v) is 5.25. The van der Waals surface area contributed by atoms with E-state index in [0.29, 0.717) is 10.8 Å². The molecule has 0 atom stereocenters. The highest BCUT2D eigenvalue weighted by Gasteiger charge is 2.17. The second-order valence-electron chi connectivity index (χ2n) is 4.43. The number of pyridine rings is 1. The highest BCUT2D eigenvalue weighted by atomic mass is 35.5. The number of benzene rings is 1. The van der Waals surface area contributed by atoms with Gasteiger partial charge in [-0.1, -0.05) is 23.2 Å². The van der Waals surface area contributed by atoms with Crippen molar-refractivity contribution in [2.45, 2.75) is 0 Å². The number of methoxy groups -OCH3 is 1. The molecule has 0 aliphatic carbocycles. The number of anilines is 1. The van der Waals surface area contributed by atoms with Crippen LogP contribution in [0, 0.1) is 0 Å². The van der Waals surface area contributed by atoms with Crippen LogP contribution in [0.2, 0.25) is 10.2 Å². The Kier molecular flexibility index (Phi) is 5.41. The monoisotopic (exact) mass is 353 g/mol. The van der Waals surface area contributed by atoms with Crippen LogP contribution < -0.4 is 15.4 Å². The zero-order chi connectivity index (χ0) is 17.0. The van der Waals surface area contributed by atoms with Gasteiger partial charge in [-0.05, 0) is 24.3 Å². The van der Waals surface area contributed by atoms with E-state index in [2.05, 4.69) is 15.6 Å². The predicted octanol–water partition coefficient (Wildman–Crippen LogP) is 3.01. The largest absolute Gasteiger partial charge is 0.496 e. The maximum absolute atomic E-state index is 12.5. The number of carbonyl (C=O) groups excluding carboxylic acids is 2. The minimum atomic E-state index is -0.489. The fraction of sp³-hybridized carbons (Fsp3) is 0.133. The molecule has 23 heavy (non-hydrogen) atoms. The Labute approximate surface area is 142 Å². The molecule has 120 valence electrons. The maximum atomic E-state index is 12.5. The van der Waals surface area contributed by atoms with Gasteiger partial charge in [0.25, 0.3) is 11.8 Å². The average Bonchev–Trinajstić information content (AvgIpc) is 2.54. The number of amides is 2. The zero-order valence-electron chi connectivity index (χ0n) is 12.3. The average molecular weight is 354 g/mol. The van der Waals surface area contributed by atoms with E-state index < -0.39 is 11.8 Å². The van der Waals surface area contributed by atoms with Gasteiger partial charge in [0.1, 0.15) is 10.9 Å². The van der Waals surface area contributed by atoms with Crippen molar-refractivity contribution in [3.8, 4) is 5.75 Å². The Morgan fingerprint density at radius 2 is 1.87 bits per heavy atom. The summed E-state index contributed by atoms with van der Waals surface area (Å²) in [6.07, 6.45) is 1.28. The van der Waals surface area contributed by atoms with Crippen molar-refractivity contribution in [1.82, 2.24) is 10.3 Å². The lowest BCUT2D eigenvalue weighted by atomic mass is 10.1. The molecule has 1 aromatic carbocycles. The smallest absolute Gasteiger partial charge is 0.259 e. The Hall–Kier alpha value is -2.31. The lowest BCUT2D eigenvalue weighted by Crippen LogP contribution is -2.22. The van der Waals surface area contributed by atoms with Crippen molar-refractivity contribution < 1.29 is 14.3 Å². The van der Waals surface area contributed by atoms with Gasteiger partial charge in [0.15, 0.2) is 0 Å². The van der Waals surface area contributed by atoms with Gasteiger partial charge in [0.2, 0.25) is 0 Å². The van der Waals surface area contributed by atoms with Crippen molar-refractivity contribution >= 4 is 40.7 Å². The van der Waals surface area contributed by atoms with Crippen LogP contribution in [0.25, 0.3) is 0 Å². The molecule has 0 spiro atoms. The van der Waals surface area contributed by atoms with Crippen LogP contribution in [-0.4, -0.2) is 31.0 Å². The van der Waals surface area contributed by atoms with Gasteiger partial charge in [-0.2, -0.15) is 0 Å². The Morgan fingerprint density at radius 3 is 2.52 bits per heavy atom. The van der Waals surface area contributed by atoms with E-state index in [-0.39, 0.29) is 22.0 Å². The third kappa shape index (κ3) is 3.91. The minimum Gasteiger partial charge on any atom is -0.496 e. The summed E-state index contributed by atoms with van der Waals surface area (Å²) in [7, 11) is 2.92. The first-order valence-corrected chi connectivity index (χ1v) is 7.24. The highest BCUT2D eigenvalue weighted by molar-refractivity contribution is 6.31. The number of halogens is 2. The maximum Gasteiger partial charge on any atom is 0.259 e. The first kappa shape index (κ1) is 17.1. The van der Waals surface area contributed by atoms with Crippen molar-refractivity contribution in [2.75, 3.05) is 19.5 Å². The molecule has 0 aliphatic rings. The number of ether oxygens (including phenoxy) is 1. The molecule has 1 aromatic heterocycles. The first-order chi connectivity index (χ1) is 11.0. The molecule has 0 saturated heterocycles. The molecular formula is C15H13Cl2N3O3. The second kappa shape index (κ2) is 7.30. The Morgan fingerprint density at radius 1 is 1.13 bits per heavy atom. The van der Waals surface area contributed by atoms with Crippen molar-refractivity contribution in [3.05, 3.63) is 51.8 Å². The third-order valence-electron chi connectivity index (χ3n) is 3.00. The van der Waals surface area contributed by atoms with E-state index >= 15 is 0 Å². The number of aromatic nitrogens is 1. The van der Waals surface area contributed by atoms with Crippen molar-refractivity contribution in [3.63, 3.8) is 0 Å². The van der Waals surface area contributed by atoms with E-state index in [1.54, 1.807) is 12.1 Å². The summed E-state index contributed by atoms with van der Waals surface area (Å²) in [4.78, 5) is 28.2. The summed E-state index contributed by atoms with van der Waals surface area (Å²) in [6, 6.07) is 6.05. The van der Waals surface area contributed by atoms with Gasteiger partial charge in [-0.3, -0.25) is 9.59 Å². The first-order valence-electron chi connectivity index (χ1n) is 6.48. The van der Waals surface area contributed by atoms with E-state index in [1.165, 1.54) is 32.5 Å². The van der Waals surface area contributed by atoms with E-state index in [9.17, 15) is 9.59 Å². The fourth-order valence-electron chi connectivity index (χ4n) is 1.90. The lowest BCUT2D eigenvalue weighted by Gasteiger charge is -2.12. The number of nitrogens with one attached hydrogen (secondary N) is 2. The van der Waals surface area contributed by atoms with Gasteiger partial charge >= 0.3 is 0 Å². The summed E-state index contributed by atoms with van der Waals surface area (Å²) in [5, 5.41) is 5.62. The van der Waals surface area contributed by atoms with Crippen LogP contribution in [0.1, 0.15) is 20.7 Å². The molecular weight excluding hydrogens is 341 g/mol. The van der Waals surface area contributed by atoms with Crippen LogP contribution in [0.15, 0.2) is 30.5 Å². The third-order valence-corrected chi connectivity index (χ3v) is 3.44. The topological polar surface area (TPSA) is 80.3 Å². The summed E-state index contributed by atoms with van der Waals surface area (Å²) >= 11 is 11.8. The molecule has 0 aliphatic heterocycles. The van der Waals surface area contributed by atoms with Gasteiger partial charge < -0.3 is 15.4 Å². The SMILES string of the molecule is CNC(=O)c1cnc(Cl)cc1NC(=O)c1cc(Cl)ccc1OC. The molecule has 0 bridgehead atoms. The molecule has 0 saturated carbocycles. The number of nitrogens with zero attached hydrogens (tertiary/aromatic N) is 1. The van der Waals surface area contributed by atoms with E-state index in [1.807, 2.05) is 0 Å². The van der Waals surface area contributed by atoms with Gasteiger partial charge in [-0.25, -0.2) is 4.98 Å². The molecule has 0 radical (unpaired) electrons. The van der Waals surface area contributed by atoms with Gasteiger partial charge in [0.05, 0.1) is 23.9 Å². The summed E-state index contributed by atoms with van der Waals surface area (Å²) in [5.41, 5.74) is 0.651. The number of carbonyl (C=O) groups is 2. The van der Waals surface area contributed by atoms with E-state index in [0.717, 1.165) is 0 Å². The highest BCUT2D eigenvalue weighted by Crippen LogP contribution is 2.25. The lowest BCUT2D eigenvalue weighted by molar-refractivity contribution is 0.0963. The summed E-state index contributed by atoms with van der Waals surface area (Å²) in [5.74, 6) is -0.534. The van der Waals surface area contributed by atoms with Gasteiger partial charge in [-0.15, -0.1) is 0 Å². The molecule has 6 nitrogen and oxygen atoms in total. The summed E-state index contributed by atoms with van der Waals surface area (Å²) < 4.78 is 5.14. The predicted molar refractivity (Wildman–Crippen MR) is 88.6 cm³/mol. The normalized spacial score (nSPS) is 10.1. The Bertz CT molecular complexity index is 766. The molecule has 8 heteroatoms. The Balaban J connectivity index is 2.39. The van der Waals surface area contributed by atoms with Crippen LogP contribution >= 0.6 is 23.2 Å². The molecule has 1 heterocycles. The van der Waals surface area contributed by atoms with Gasteiger partial charge in [0, 0.05) is 18.3 Å². The quantitative estimate of drug-likeness (QED) is 0.828. The van der Waals surface area contributed by atoms with Crippen LogP contribution in [0.5, 0.6) is 5.75 Å². The van der Waals surface area contributed by atoms with Crippen LogP contribution in [0.3, 0.4) is 0 Å². The molecule has 0 unspecified atom stereocenters. The number of hydrogen-bond acceptors (Lipinski definition) is 4.